The molecule has 4 heteroatoms. The SMILES string of the molecule is CC1SCCSC1C(N)c1ccccc1Cl. The van der Waals surface area contributed by atoms with Gasteiger partial charge in [-0.05, 0) is 11.6 Å². The van der Waals surface area contributed by atoms with Crippen molar-refractivity contribution in [1.29, 1.82) is 0 Å². The lowest BCUT2D eigenvalue weighted by atomic mass is 10.0. The molecule has 88 valence electrons. The van der Waals surface area contributed by atoms with Crippen LogP contribution in [0.5, 0.6) is 0 Å². The minimum Gasteiger partial charge on any atom is -0.323 e. The Morgan fingerprint density at radius 1 is 1.31 bits per heavy atom. The molecule has 1 aromatic rings. The highest BCUT2D eigenvalue weighted by atomic mass is 35.5. The average molecular weight is 274 g/mol. The number of nitrogens with two attached hydrogens (primary N) is 1. The third-order valence-corrected chi connectivity index (χ3v) is 6.42. The summed E-state index contributed by atoms with van der Waals surface area (Å²) in [7, 11) is 0. The van der Waals surface area contributed by atoms with Crippen LogP contribution in [0.25, 0.3) is 0 Å². The van der Waals surface area contributed by atoms with Crippen molar-refractivity contribution in [1.82, 2.24) is 0 Å². The lowest BCUT2D eigenvalue weighted by Crippen LogP contribution is -2.34. The van der Waals surface area contributed by atoms with E-state index in [9.17, 15) is 0 Å². The molecule has 2 N–H and O–H groups in total. The molecule has 3 unspecified atom stereocenters. The van der Waals surface area contributed by atoms with Crippen LogP contribution in [0.15, 0.2) is 24.3 Å². The Labute approximate surface area is 111 Å². The number of benzene rings is 1. The maximum absolute atomic E-state index is 6.34. The Hall–Kier alpha value is 0.170. The van der Waals surface area contributed by atoms with Crippen molar-refractivity contribution in [3.63, 3.8) is 0 Å². The van der Waals surface area contributed by atoms with Gasteiger partial charge < -0.3 is 5.73 Å². The van der Waals surface area contributed by atoms with Crippen molar-refractivity contribution in [2.75, 3.05) is 11.5 Å². The van der Waals surface area contributed by atoms with Crippen LogP contribution in [0.1, 0.15) is 18.5 Å². The number of hydrogen-bond acceptors (Lipinski definition) is 3. The molecule has 1 heterocycles. The average Bonchev–Trinajstić information content (AvgIpc) is 2.29. The molecule has 2 rings (SSSR count). The van der Waals surface area contributed by atoms with Crippen LogP contribution < -0.4 is 5.73 Å². The third kappa shape index (κ3) is 2.70. The molecule has 3 atom stereocenters. The molecule has 0 spiro atoms. The summed E-state index contributed by atoms with van der Waals surface area (Å²) in [6.45, 7) is 2.26. The lowest BCUT2D eigenvalue weighted by Gasteiger charge is -2.32. The summed E-state index contributed by atoms with van der Waals surface area (Å²) in [6, 6.07) is 7.96. The van der Waals surface area contributed by atoms with E-state index >= 15 is 0 Å². The number of rotatable bonds is 2. The van der Waals surface area contributed by atoms with Crippen LogP contribution in [0.2, 0.25) is 5.02 Å². The van der Waals surface area contributed by atoms with Crippen molar-refractivity contribution >= 4 is 35.1 Å². The molecule has 1 fully saturated rings. The summed E-state index contributed by atoms with van der Waals surface area (Å²) in [5.41, 5.74) is 7.42. The first-order chi connectivity index (χ1) is 7.70. The van der Waals surface area contributed by atoms with E-state index in [1.807, 2.05) is 47.8 Å². The van der Waals surface area contributed by atoms with Crippen LogP contribution in [0.3, 0.4) is 0 Å². The highest BCUT2D eigenvalue weighted by Crippen LogP contribution is 2.38. The van der Waals surface area contributed by atoms with Gasteiger partial charge in [0.2, 0.25) is 0 Å². The fourth-order valence-corrected chi connectivity index (χ4v) is 5.10. The van der Waals surface area contributed by atoms with E-state index in [2.05, 4.69) is 6.92 Å². The van der Waals surface area contributed by atoms with E-state index in [1.54, 1.807) is 0 Å². The van der Waals surface area contributed by atoms with E-state index in [0.29, 0.717) is 10.5 Å². The summed E-state index contributed by atoms with van der Waals surface area (Å²) in [6.07, 6.45) is 0. The second-order valence-electron chi connectivity index (χ2n) is 3.96. The van der Waals surface area contributed by atoms with Crippen LogP contribution in [-0.4, -0.2) is 22.0 Å². The third-order valence-electron chi connectivity index (χ3n) is 2.86. The van der Waals surface area contributed by atoms with Crippen LogP contribution in [0, 0.1) is 0 Å². The molecule has 0 aromatic heterocycles. The fourth-order valence-electron chi connectivity index (χ4n) is 1.97. The Balaban J connectivity index is 2.17. The van der Waals surface area contributed by atoms with Crippen LogP contribution >= 0.6 is 35.1 Å². The fraction of sp³-hybridized carbons (Fsp3) is 0.500. The van der Waals surface area contributed by atoms with Gasteiger partial charge in [0.1, 0.15) is 0 Å². The summed E-state index contributed by atoms with van der Waals surface area (Å²) < 4.78 is 0. The highest BCUT2D eigenvalue weighted by molar-refractivity contribution is 8.07. The standard InChI is InChI=1S/C12H16ClNS2/c1-8-12(16-7-6-15-8)11(14)9-4-2-3-5-10(9)13/h2-5,8,11-12H,6-7,14H2,1H3. The van der Waals surface area contributed by atoms with Gasteiger partial charge in [0, 0.05) is 33.1 Å². The van der Waals surface area contributed by atoms with Gasteiger partial charge in [-0.1, -0.05) is 36.7 Å². The number of thioether (sulfide) groups is 2. The van der Waals surface area contributed by atoms with Gasteiger partial charge in [0.05, 0.1) is 0 Å². The molecule has 1 nitrogen and oxygen atoms in total. The molecular formula is C12H16ClNS2. The topological polar surface area (TPSA) is 26.0 Å². The van der Waals surface area contributed by atoms with Crippen molar-refractivity contribution in [3.8, 4) is 0 Å². The second-order valence-corrected chi connectivity index (χ2v) is 7.14. The maximum Gasteiger partial charge on any atom is 0.0454 e. The smallest absolute Gasteiger partial charge is 0.0454 e. The molecule has 1 aliphatic heterocycles. The zero-order valence-electron chi connectivity index (χ0n) is 9.23. The maximum atomic E-state index is 6.34. The van der Waals surface area contributed by atoms with Gasteiger partial charge in [-0.25, -0.2) is 0 Å². The summed E-state index contributed by atoms with van der Waals surface area (Å²) in [5.74, 6) is 2.43. The van der Waals surface area contributed by atoms with E-state index in [1.165, 1.54) is 11.5 Å². The van der Waals surface area contributed by atoms with Gasteiger partial charge in [-0.15, -0.1) is 0 Å². The quantitative estimate of drug-likeness (QED) is 0.892. The summed E-state index contributed by atoms with van der Waals surface area (Å²) in [4.78, 5) is 0. The van der Waals surface area contributed by atoms with Gasteiger partial charge in [0.25, 0.3) is 0 Å². The predicted octanol–water partition coefficient (Wildman–Crippen LogP) is 3.58. The van der Waals surface area contributed by atoms with Crippen molar-refractivity contribution in [2.45, 2.75) is 23.5 Å². The summed E-state index contributed by atoms with van der Waals surface area (Å²) >= 11 is 10.2. The Morgan fingerprint density at radius 2 is 2.00 bits per heavy atom. The first kappa shape index (κ1) is 12.6. The molecular weight excluding hydrogens is 258 g/mol. The van der Waals surface area contributed by atoms with Crippen LogP contribution in [0.4, 0.5) is 0 Å². The molecule has 0 saturated carbocycles. The van der Waals surface area contributed by atoms with Gasteiger partial charge >= 0.3 is 0 Å². The molecule has 0 amide bonds. The van der Waals surface area contributed by atoms with Crippen molar-refractivity contribution < 1.29 is 0 Å². The van der Waals surface area contributed by atoms with Crippen LogP contribution in [-0.2, 0) is 0 Å². The van der Waals surface area contributed by atoms with Crippen molar-refractivity contribution in [2.24, 2.45) is 5.73 Å². The predicted molar refractivity (Wildman–Crippen MR) is 76.5 cm³/mol. The molecule has 1 aromatic carbocycles. The zero-order valence-corrected chi connectivity index (χ0v) is 11.6. The molecule has 0 bridgehead atoms. The summed E-state index contributed by atoms with van der Waals surface area (Å²) in [5, 5.41) is 1.86. The Bertz CT molecular complexity index is 359. The molecule has 1 aliphatic rings. The molecule has 1 saturated heterocycles. The zero-order chi connectivity index (χ0) is 11.5. The van der Waals surface area contributed by atoms with Crippen molar-refractivity contribution in [3.05, 3.63) is 34.9 Å². The van der Waals surface area contributed by atoms with E-state index in [4.69, 9.17) is 17.3 Å². The Kier molecular flexibility index (Phi) is 4.48. The minimum atomic E-state index is 0.0431. The first-order valence-electron chi connectivity index (χ1n) is 5.43. The number of hydrogen-bond donors (Lipinski definition) is 1. The van der Waals surface area contributed by atoms with E-state index in [-0.39, 0.29) is 6.04 Å². The molecule has 16 heavy (non-hydrogen) atoms. The highest BCUT2D eigenvalue weighted by Gasteiger charge is 2.29. The Morgan fingerprint density at radius 3 is 2.69 bits per heavy atom. The normalized spacial score (nSPS) is 27.7. The van der Waals surface area contributed by atoms with E-state index < -0.39 is 0 Å². The lowest BCUT2D eigenvalue weighted by molar-refractivity contribution is 0.664. The van der Waals surface area contributed by atoms with E-state index in [0.717, 1.165) is 10.6 Å². The monoisotopic (exact) mass is 273 g/mol. The van der Waals surface area contributed by atoms with Gasteiger partial charge in [-0.3, -0.25) is 0 Å². The largest absolute Gasteiger partial charge is 0.323 e. The second kappa shape index (κ2) is 5.67. The van der Waals surface area contributed by atoms with Gasteiger partial charge in [0.15, 0.2) is 0 Å². The van der Waals surface area contributed by atoms with Gasteiger partial charge in [-0.2, -0.15) is 23.5 Å². The first-order valence-corrected chi connectivity index (χ1v) is 7.91. The molecule has 0 aliphatic carbocycles. The molecule has 0 radical (unpaired) electrons. The minimum absolute atomic E-state index is 0.0431. The number of halogens is 1.